The van der Waals surface area contributed by atoms with Crippen molar-refractivity contribution in [1.82, 2.24) is 14.2 Å². The monoisotopic (exact) mass is 620 g/mol. The molecule has 0 saturated carbocycles. The molecule has 0 atom stereocenters. The Kier molecular flexibility index (Phi) is 12.8. The van der Waals surface area contributed by atoms with Crippen molar-refractivity contribution in [3.05, 3.63) is 42.0 Å². The summed E-state index contributed by atoms with van der Waals surface area (Å²) in [4.78, 5) is 22.0. The molecule has 0 radical (unpaired) electrons. The first-order valence-corrected chi connectivity index (χ1v) is 14.7. The predicted octanol–water partition coefficient (Wildman–Crippen LogP) is 4.15. The topological polar surface area (TPSA) is 140 Å². The Morgan fingerprint density at radius 3 is 2.07 bits per heavy atom. The van der Waals surface area contributed by atoms with E-state index in [1.807, 2.05) is 37.2 Å². The molecule has 0 unspecified atom stereocenters. The van der Waals surface area contributed by atoms with Gasteiger partial charge in [0, 0.05) is 50.2 Å². The predicted molar refractivity (Wildman–Crippen MR) is 160 cm³/mol. The number of amides is 1. The van der Waals surface area contributed by atoms with Crippen molar-refractivity contribution in [3.63, 3.8) is 0 Å². The van der Waals surface area contributed by atoms with Gasteiger partial charge in [0.05, 0.1) is 41.5 Å². The summed E-state index contributed by atoms with van der Waals surface area (Å²) in [6, 6.07) is 13.2. The highest BCUT2D eigenvalue weighted by Crippen LogP contribution is 2.37. The maximum atomic E-state index is 13.7. The molecule has 2 aromatic carbocycles. The van der Waals surface area contributed by atoms with Crippen molar-refractivity contribution in [2.24, 2.45) is 0 Å². The first-order chi connectivity index (χ1) is 19.2. The Hall–Kier alpha value is -3.46. The molecule has 220 valence electrons. The van der Waals surface area contributed by atoms with E-state index in [1.54, 1.807) is 25.2 Å². The van der Waals surface area contributed by atoms with Gasteiger partial charge in [-0.2, -0.15) is 14.8 Å². The lowest BCUT2D eigenvalue weighted by atomic mass is 10.2. The summed E-state index contributed by atoms with van der Waals surface area (Å²) < 4.78 is 39.1. The van der Waals surface area contributed by atoms with Gasteiger partial charge >= 0.3 is 0 Å². The molecule has 14 heteroatoms. The van der Waals surface area contributed by atoms with Crippen LogP contribution in [0.4, 0.5) is 5.13 Å². The number of carbonyl (C=O) groups excluding carboxylic acids is 1. The number of nitriles is 2. The maximum absolute atomic E-state index is 13.7. The molecular weight excluding hydrogens is 588 g/mol. The fourth-order valence-electron chi connectivity index (χ4n) is 3.96. The molecule has 1 heterocycles. The number of benzene rings is 2. The molecule has 0 aliphatic rings. The largest absolute Gasteiger partial charge is 0.493 e. The third-order valence-electron chi connectivity index (χ3n) is 6.03. The second-order valence-corrected chi connectivity index (χ2v) is 12.0. The number of hydrogen-bond donors (Lipinski definition) is 0. The summed E-state index contributed by atoms with van der Waals surface area (Å²) in [6.07, 6.45) is 0.701. The van der Waals surface area contributed by atoms with Crippen molar-refractivity contribution >= 4 is 55.0 Å². The average molecular weight is 621 g/mol. The Morgan fingerprint density at radius 2 is 1.54 bits per heavy atom. The van der Waals surface area contributed by atoms with E-state index in [0.717, 1.165) is 15.5 Å². The van der Waals surface area contributed by atoms with Gasteiger partial charge < -0.3 is 14.4 Å². The normalized spacial score (nSPS) is 11.1. The van der Waals surface area contributed by atoms with E-state index in [4.69, 9.17) is 25.0 Å². The SMILES string of the molecule is COc1cc2nc(N(CCCN(C)C)C(=O)c3ccc(S(=O)(=O)N(CCC#N)CCC#N)cc3)sc2cc1OC.Cl. The molecule has 0 aliphatic carbocycles. The van der Waals surface area contributed by atoms with E-state index in [0.29, 0.717) is 40.7 Å². The Balaban J connectivity index is 0.00000588. The third kappa shape index (κ3) is 8.28. The van der Waals surface area contributed by atoms with Crippen molar-refractivity contribution in [3.8, 4) is 23.6 Å². The standard InChI is InChI=1S/C27H32N6O5S2.ClH/c1-31(2)14-7-17-33(27-30-22-18-23(37-3)24(38-4)19-25(22)39-27)26(34)20-8-10-21(11-9-20)40(35,36)32(15-5-12-28)16-6-13-29;/h8-11,18-19H,5-7,14-17H2,1-4H3;1H. The lowest BCUT2D eigenvalue weighted by Crippen LogP contribution is -2.34. The van der Waals surface area contributed by atoms with Crippen molar-refractivity contribution < 1.29 is 22.7 Å². The van der Waals surface area contributed by atoms with E-state index in [2.05, 4.69) is 0 Å². The lowest BCUT2D eigenvalue weighted by Gasteiger charge is -2.22. The second-order valence-electron chi connectivity index (χ2n) is 9.03. The van der Waals surface area contributed by atoms with Gasteiger partial charge in [-0.15, -0.1) is 12.4 Å². The van der Waals surface area contributed by atoms with Crippen LogP contribution < -0.4 is 14.4 Å². The first-order valence-electron chi connectivity index (χ1n) is 12.5. The third-order valence-corrected chi connectivity index (χ3v) is 8.98. The van der Waals surface area contributed by atoms with Gasteiger partial charge in [0.1, 0.15) is 0 Å². The number of carbonyl (C=O) groups is 1. The molecule has 0 bridgehead atoms. The zero-order valence-corrected chi connectivity index (χ0v) is 25.8. The number of sulfonamides is 1. The Labute approximate surface area is 251 Å². The molecule has 1 aromatic heterocycles. The number of methoxy groups -OCH3 is 2. The molecule has 3 rings (SSSR count). The van der Waals surface area contributed by atoms with Crippen LogP contribution in [0.2, 0.25) is 0 Å². The van der Waals surface area contributed by atoms with Gasteiger partial charge in [-0.3, -0.25) is 9.69 Å². The fourth-order valence-corrected chi connectivity index (χ4v) is 6.41. The van der Waals surface area contributed by atoms with Crippen LogP contribution in [0.1, 0.15) is 29.6 Å². The molecule has 0 fully saturated rings. The van der Waals surface area contributed by atoms with Crippen molar-refractivity contribution in [2.75, 3.05) is 59.4 Å². The molecule has 0 saturated heterocycles. The summed E-state index contributed by atoms with van der Waals surface area (Å²) in [6.45, 7) is 1.12. The fraction of sp³-hybridized carbons (Fsp3) is 0.407. The number of fused-ring (bicyclic) bond motifs is 1. The molecule has 0 spiro atoms. The second kappa shape index (κ2) is 15.5. The average Bonchev–Trinajstić information content (AvgIpc) is 3.36. The van der Waals surface area contributed by atoms with Crippen LogP contribution in [0.15, 0.2) is 41.3 Å². The summed E-state index contributed by atoms with van der Waals surface area (Å²) in [5, 5.41) is 18.3. The quantitative estimate of drug-likeness (QED) is 0.260. The van der Waals surface area contributed by atoms with Crippen LogP contribution in [0.3, 0.4) is 0 Å². The number of thiazole rings is 1. The zero-order valence-electron chi connectivity index (χ0n) is 23.4. The lowest BCUT2D eigenvalue weighted by molar-refractivity contribution is 0.0986. The minimum absolute atomic E-state index is 0. The van der Waals surface area contributed by atoms with Crippen LogP contribution in [-0.4, -0.2) is 83.0 Å². The van der Waals surface area contributed by atoms with Crippen LogP contribution in [-0.2, 0) is 10.0 Å². The highest BCUT2D eigenvalue weighted by Gasteiger charge is 2.26. The first kappa shape index (κ1) is 33.7. The minimum atomic E-state index is -3.95. The molecule has 41 heavy (non-hydrogen) atoms. The van der Waals surface area contributed by atoms with Crippen LogP contribution in [0.25, 0.3) is 10.2 Å². The number of nitrogens with zero attached hydrogens (tertiary/aromatic N) is 6. The number of rotatable bonds is 14. The van der Waals surface area contributed by atoms with Crippen LogP contribution >= 0.6 is 23.7 Å². The Morgan fingerprint density at radius 1 is 0.951 bits per heavy atom. The van der Waals surface area contributed by atoms with E-state index in [-0.39, 0.29) is 49.1 Å². The van der Waals surface area contributed by atoms with Gasteiger partial charge in [-0.1, -0.05) is 11.3 Å². The summed E-state index contributed by atoms with van der Waals surface area (Å²) in [5.41, 5.74) is 0.971. The number of aromatic nitrogens is 1. The van der Waals surface area contributed by atoms with Gasteiger partial charge in [0.15, 0.2) is 16.6 Å². The smallest absolute Gasteiger partial charge is 0.260 e. The summed E-state index contributed by atoms with van der Waals surface area (Å²) in [7, 11) is 3.07. The minimum Gasteiger partial charge on any atom is -0.493 e. The van der Waals surface area contributed by atoms with E-state index < -0.39 is 10.0 Å². The number of hydrogen-bond acceptors (Lipinski definition) is 10. The molecule has 0 aliphatic heterocycles. The number of anilines is 1. The van der Waals surface area contributed by atoms with E-state index in [1.165, 1.54) is 35.6 Å². The highest BCUT2D eigenvalue weighted by atomic mass is 35.5. The maximum Gasteiger partial charge on any atom is 0.260 e. The van der Waals surface area contributed by atoms with E-state index in [9.17, 15) is 13.2 Å². The molecule has 3 aromatic rings. The summed E-state index contributed by atoms with van der Waals surface area (Å²) >= 11 is 1.35. The number of ether oxygens (including phenoxy) is 2. The molecule has 1 amide bonds. The van der Waals surface area contributed by atoms with Gasteiger partial charge in [-0.25, -0.2) is 13.4 Å². The van der Waals surface area contributed by atoms with Gasteiger partial charge in [-0.05, 0) is 51.3 Å². The van der Waals surface area contributed by atoms with Gasteiger partial charge in [0.25, 0.3) is 5.91 Å². The molecular formula is C27H33ClN6O5S2. The zero-order chi connectivity index (χ0) is 29.3. The van der Waals surface area contributed by atoms with Gasteiger partial charge in [0.2, 0.25) is 10.0 Å². The molecule has 11 nitrogen and oxygen atoms in total. The highest BCUT2D eigenvalue weighted by molar-refractivity contribution is 7.89. The van der Waals surface area contributed by atoms with E-state index >= 15 is 0 Å². The Bertz CT molecular complexity index is 1450. The van der Waals surface area contributed by atoms with Crippen molar-refractivity contribution in [1.29, 1.82) is 10.5 Å². The molecule has 0 N–H and O–H groups in total. The summed E-state index contributed by atoms with van der Waals surface area (Å²) in [5.74, 6) is 0.783. The number of halogens is 1. The van der Waals surface area contributed by atoms with Crippen LogP contribution in [0.5, 0.6) is 11.5 Å². The van der Waals surface area contributed by atoms with Crippen molar-refractivity contribution in [2.45, 2.75) is 24.2 Å². The van der Waals surface area contributed by atoms with Crippen LogP contribution in [0, 0.1) is 22.7 Å².